The van der Waals surface area contributed by atoms with E-state index in [0.29, 0.717) is 0 Å². The Morgan fingerprint density at radius 2 is 1.39 bits per heavy atom. The predicted octanol–water partition coefficient (Wildman–Crippen LogP) is 4.33. The van der Waals surface area contributed by atoms with Gasteiger partial charge in [-0.3, -0.25) is 6.08 Å². The van der Waals surface area contributed by atoms with Crippen LogP contribution in [0.4, 0.5) is 0 Å². The molecule has 0 spiro atoms. The van der Waals surface area contributed by atoms with Gasteiger partial charge in [0, 0.05) is 0 Å². The summed E-state index contributed by atoms with van der Waals surface area (Å²) in [6.45, 7) is 15.8. The molecule has 228 valence electrons. The Morgan fingerprint density at radius 1 is 0.750 bits per heavy atom. The Kier molecular flexibility index (Phi) is 14.5. The standard InChI is InChI=1S/C21H25.C15H14.C5H5.2ClH.Zr/c1-20(2,3)16-7-9-18-14(12-16)11-15-13-17(21(4,5)6)8-10-19(15)18;1-2-13-8-10-15(11-9-13)12-14-6-4-3-5-7-14;1-2-4-5-3-1;;;/h7-10,12H,11H2,1-6H3;3-11H,2H2,1H3;1-3H,4H2;2*1H;/q-1;;-1;;;+2/p-2. The van der Waals surface area contributed by atoms with Crippen molar-refractivity contribution in [2.24, 2.45) is 0 Å². The normalized spacial score (nSPS) is 12.4. The summed E-state index contributed by atoms with van der Waals surface area (Å²) in [4.78, 5) is 0. The van der Waals surface area contributed by atoms with Gasteiger partial charge in [0.2, 0.25) is 0 Å². The van der Waals surface area contributed by atoms with E-state index in [1.807, 2.05) is 12.2 Å². The van der Waals surface area contributed by atoms with Gasteiger partial charge in [0.15, 0.2) is 0 Å². The first kappa shape index (κ1) is 37.9. The van der Waals surface area contributed by atoms with Gasteiger partial charge in [0.05, 0.1) is 0 Å². The van der Waals surface area contributed by atoms with Crippen molar-refractivity contribution in [3.05, 3.63) is 154 Å². The van der Waals surface area contributed by atoms with Crippen LogP contribution in [0.1, 0.15) is 93.8 Å². The van der Waals surface area contributed by atoms with Gasteiger partial charge in [-0.15, -0.1) is 17.5 Å². The van der Waals surface area contributed by atoms with Gasteiger partial charge in [-0.2, -0.15) is 29.8 Å². The number of fused-ring (bicyclic) bond motifs is 3. The molecule has 0 radical (unpaired) electrons. The van der Waals surface area contributed by atoms with Gasteiger partial charge in [0.1, 0.15) is 0 Å². The third-order valence-corrected chi connectivity index (χ3v) is 9.18. The maximum atomic E-state index is 3.67. The molecule has 2 aliphatic carbocycles. The van der Waals surface area contributed by atoms with Crippen LogP contribution in [-0.4, -0.2) is 3.21 Å². The van der Waals surface area contributed by atoms with Gasteiger partial charge in [-0.1, -0.05) is 65.3 Å². The molecule has 0 bridgehead atoms. The summed E-state index contributed by atoms with van der Waals surface area (Å²) in [5, 5.41) is 0. The zero-order valence-electron chi connectivity index (χ0n) is 27.2. The summed E-state index contributed by atoms with van der Waals surface area (Å²) in [7, 11) is 0. The van der Waals surface area contributed by atoms with Crippen LogP contribution >= 0.6 is 0 Å². The molecule has 4 aromatic rings. The van der Waals surface area contributed by atoms with Crippen molar-refractivity contribution in [1.82, 2.24) is 0 Å². The van der Waals surface area contributed by atoms with Gasteiger partial charge >= 0.3 is 112 Å². The molecule has 0 saturated carbocycles. The number of allylic oxidation sites excluding steroid dienone is 4. The summed E-state index contributed by atoms with van der Waals surface area (Å²) in [5.74, 6) is 0. The second-order valence-corrected chi connectivity index (χ2v) is 14.3. The molecule has 44 heavy (non-hydrogen) atoms. The van der Waals surface area contributed by atoms with Crippen molar-refractivity contribution in [1.29, 1.82) is 0 Å². The van der Waals surface area contributed by atoms with Crippen molar-refractivity contribution in [2.75, 3.05) is 0 Å². The minimum atomic E-state index is 0. The molecule has 0 N–H and O–H groups in total. The van der Waals surface area contributed by atoms with E-state index < -0.39 is 0 Å². The second kappa shape index (κ2) is 16.8. The molecule has 0 unspecified atom stereocenters. The third-order valence-electron chi connectivity index (χ3n) is 7.76. The molecule has 0 amide bonds. The summed E-state index contributed by atoms with van der Waals surface area (Å²) >= 11 is 1.47. The van der Waals surface area contributed by atoms with Crippen LogP contribution in [0.2, 0.25) is 0 Å². The van der Waals surface area contributed by atoms with Crippen LogP contribution in [0, 0.1) is 12.1 Å². The second-order valence-electron chi connectivity index (χ2n) is 13.1. The molecular formula is C41H44Cl2Zr-2. The molecule has 0 aromatic heterocycles. The zero-order valence-corrected chi connectivity index (χ0v) is 31.2. The third kappa shape index (κ3) is 10.1. The minimum absolute atomic E-state index is 0. The van der Waals surface area contributed by atoms with Gasteiger partial charge in [-0.05, 0) is 28.4 Å². The number of hydrogen-bond donors (Lipinski definition) is 0. The largest absolute Gasteiger partial charge is 1.00 e. The van der Waals surface area contributed by atoms with Gasteiger partial charge in [0.25, 0.3) is 0 Å². The van der Waals surface area contributed by atoms with Crippen molar-refractivity contribution in [2.45, 2.75) is 78.6 Å². The Balaban J connectivity index is 0.000000260. The first-order valence-corrected chi connectivity index (χ1v) is 16.3. The molecule has 0 saturated heterocycles. The van der Waals surface area contributed by atoms with E-state index in [1.165, 1.54) is 77.5 Å². The quantitative estimate of drug-likeness (QED) is 0.247. The van der Waals surface area contributed by atoms with Gasteiger partial charge < -0.3 is 24.8 Å². The molecule has 2 aliphatic rings. The van der Waals surface area contributed by atoms with Crippen molar-refractivity contribution in [3.63, 3.8) is 0 Å². The molecule has 3 heteroatoms. The van der Waals surface area contributed by atoms with Crippen molar-refractivity contribution in [3.8, 4) is 11.1 Å². The van der Waals surface area contributed by atoms with Crippen LogP contribution < -0.4 is 24.8 Å². The van der Waals surface area contributed by atoms with E-state index in [-0.39, 0.29) is 35.6 Å². The smallest absolute Gasteiger partial charge is 0.109 e. The van der Waals surface area contributed by atoms with E-state index in [0.717, 1.165) is 19.3 Å². The molecule has 0 atom stereocenters. The average Bonchev–Trinajstić information content (AvgIpc) is 3.68. The fourth-order valence-electron chi connectivity index (χ4n) is 5.05. The maximum absolute atomic E-state index is 3.67. The summed E-state index contributed by atoms with van der Waals surface area (Å²) < 4.78 is 1.43. The minimum Gasteiger partial charge on any atom is -1.00 e. The summed E-state index contributed by atoms with van der Waals surface area (Å²) in [5.41, 5.74) is 12.8. The zero-order chi connectivity index (χ0) is 30.3. The first-order chi connectivity index (χ1) is 20.0. The molecule has 6 rings (SSSR count). The molecule has 0 fully saturated rings. The van der Waals surface area contributed by atoms with Crippen LogP contribution in [0.25, 0.3) is 11.1 Å². The summed E-state index contributed by atoms with van der Waals surface area (Å²) in [6.07, 6.45) is 12.1. The monoisotopic (exact) mass is 696 g/mol. The SMILES string of the molecule is CC(C)(C)c1[c-]c2c(cc1)-c1ccc(C(C)(C)C)cc1C2.CCc1ccc([C](=[Zr+2])c2ccccc2)cc1.[C-]1=CC=CC1.[Cl-].[Cl-]. The van der Waals surface area contributed by atoms with Crippen molar-refractivity contribution >= 4 is 3.21 Å². The molecule has 0 aliphatic heterocycles. The molecule has 0 heterocycles. The van der Waals surface area contributed by atoms with E-state index in [1.54, 1.807) is 0 Å². The van der Waals surface area contributed by atoms with E-state index >= 15 is 0 Å². The van der Waals surface area contributed by atoms with Crippen LogP contribution in [0.5, 0.6) is 0 Å². The number of benzene rings is 4. The predicted molar refractivity (Wildman–Crippen MR) is 178 cm³/mol. The van der Waals surface area contributed by atoms with E-state index in [9.17, 15) is 0 Å². The molecule has 4 aromatic carbocycles. The number of aryl methyl sites for hydroxylation is 1. The van der Waals surface area contributed by atoms with E-state index in [4.69, 9.17) is 0 Å². The summed E-state index contributed by atoms with van der Waals surface area (Å²) in [6, 6.07) is 34.7. The Hall–Kier alpha value is -2.31. The number of hydrogen-bond acceptors (Lipinski definition) is 0. The fourth-order valence-corrected chi connectivity index (χ4v) is 5.87. The Labute approximate surface area is 294 Å². The fraction of sp³-hybridized carbons (Fsp3) is 0.293. The Morgan fingerprint density at radius 3 is 1.91 bits per heavy atom. The van der Waals surface area contributed by atoms with Crippen molar-refractivity contribution < 1.29 is 49.0 Å². The Bertz CT molecular complexity index is 1490. The molecular weight excluding hydrogens is 655 g/mol. The van der Waals surface area contributed by atoms with Crippen LogP contribution in [0.3, 0.4) is 0 Å². The number of rotatable bonds is 3. The van der Waals surface area contributed by atoms with Crippen LogP contribution in [0.15, 0.2) is 103 Å². The van der Waals surface area contributed by atoms with E-state index in [2.05, 4.69) is 152 Å². The first-order valence-electron chi connectivity index (χ1n) is 15.1. The number of halogens is 2. The topological polar surface area (TPSA) is 0 Å². The van der Waals surface area contributed by atoms with Crippen LogP contribution in [-0.2, 0) is 47.9 Å². The molecule has 0 nitrogen and oxygen atoms in total. The average molecular weight is 699 g/mol. The maximum Gasteiger partial charge on any atom is -0.109 e. The van der Waals surface area contributed by atoms with Gasteiger partial charge in [-0.25, -0.2) is 12.2 Å².